The molecule has 0 aliphatic rings. The number of ether oxygens (including phenoxy) is 1. The minimum Gasteiger partial charge on any atom is -0.497 e. The molecule has 0 bridgehead atoms. The molecular weight excluding hydrogens is 236 g/mol. The number of nitrogens with zero attached hydrogens (tertiary/aromatic N) is 1. The van der Waals surface area contributed by atoms with Crippen molar-refractivity contribution in [2.24, 2.45) is 0 Å². The van der Waals surface area contributed by atoms with E-state index in [1.165, 1.54) is 5.56 Å². The number of nitrogen functional groups attached to an aromatic ring is 1. The van der Waals surface area contributed by atoms with Crippen LogP contribution in [0.3, 0.4) is 0 Å². The number of aromatic nitrogens is 1. The van der Waals surface area contributed by atoms with Gasteiger partial charge in [0.05, 0.1) is 12.6 Å². The van der Waals surface area contributed by atoms with Crippen molar-refractivity contribution in [1.29, 1.82) is 0 Å². The molecule has 19 heavy (non-hydrogen) atoms. The van der Waals surface area contributed by atoms with Gasteiger partial charge in [-0.05, 0) is 35.9 Å². The molecule has 2 aromatic carbocycles. The average Bonchev–Trinajstić information content (AvgIpc) is 2.84. The Bertz CT molecular complexity index is 698. The smallest absolute Gasteiger partial charge is 0.118 e. The first kappa shape index (κ1) is 11.7. The summed E-state index contributed by atoms with van der Waals surface area (Å²) < 4.78 is 7.37. The first-order valence-electron chi connectivity index (χ1n) is 6.24. The molecule has 3 nitrogen and oxygen atoms in total. The van der Waals surface area contributed by atoms with Crippen molar-refractivity contribution in [2.75, 3.05) is 12.8 Å². The van der Waals surface area contributed by atoms with Gasteiger partial charge in [-0.3, -0.25) is 0 Å². The lowest BCUT2D eigenvalue weighted by Gasteiger charge is -2.07. The summed E-state index contributed by atoms with van der Waals surface area (Å²) in [4.78, 5) is 0. The SMILES string of the molecule is COc1ccc(Cn2ccc3c(N)cccc32)cc1. The number of hydrogen-bond acceptors (Lipinski definition) is 2. The quantitative estimate of drug-likeness (QED) is 0.727. The lowest BCUT2D eigenvalue weighted by Crippen LogP contribution is -1.98. The number of anilines is 1. The van der Waals surface area contributed by atoms with Crippen molar-refractivity contribution >= 4 is 16.6 Å². The van der Waals surface area contributed by atoms with Gasteiger partial charge in [0.2, 0.25) is 0 Å². The molecule has 0 atom stereocenters. The second kappa shape index (κ2) is 4.69. The van der Waals surface area contributed by atoms with Crippen LogP contribution in [0.25, 0.3) is 10.9 Å². The van der Waals surface area contributed by atoms with E-state index in [4.69, 9.17) is 10.5 Å². The summed E-state index contributed by atoms with van der Waals surface area (Å²) in [7, 11) is 1.68. The van der Waals surface area contributed by atoms with Crippen molar-refractivity contribution < 1.29 is 4.74 Å². The van der Waals surface area contributed by atoms with E-state index < -0.39 is 0 Å². The molecule has 0 spiro atoms. The van der Waals surface area contributed by atoms with Crippen LogP contribution >= 0.6 is 0 Å². The Morgan fingerprint density at radius 3 is 2.58 bits per heavy atom. The van der Waals surface area contributed by atoms with Gasteiger partial charge in [0.25, 0.3) is 0 Å². The summed E-state index contributed by atoms with van der Waals surface area (Å²) in [5.41, 5.74) is 9.20. The van der Waals surface area contributed by atoms with E-state index in [0.29, 0.717) is 0 Å². The Morgan fingerprint density at radius 1 is 1.05 bits per heavy atom. The largest absolute Gasteiger partial charge is 0.497 e. The summed E-state index contributed by atoms with van der Waals surface area (Å²) in [5, 5.41) is 1.11. The molecule has 1 aromatic heterocycles. The van der Waals surface area contributed by atoms with Crippen LogP contribution in [0.1, 0.15) is 5.56 Å². The number of fused-ring (bicyclic) bond motifs is 1. The molecule has 0 aliphatic carbocycles. The fourth-order valence-corrected chi connectivity index (χ4v) is 2.31. The van der Waals surface area contributed by atoms with Crippen LogP contribution in [-0.4, -0.2) is 11.7 Å². The van der Waals surface area contributed by atoms with Crippen LogP contribution in [-0.2, 0) is 6.54 Å². The molecule has 2 N–H and O–H groups in total. The maximum atomic E-state index is 5.97. The second-order valence-electron chi connectivity index (χ2n) is 4.57. The molecule has 3 rings (SSSR count). The van der Waals surface area contributed by atoms with Gasteiger partial charge in [0, 0.05) is 23.8 Å². The Kier molecular flexibility index (Phi) is 2.88. The number of rotatable bonds is 3. The highest BCUT2D eigenvalue weighted by molar-refractivity contribution is 5.91. The standard InChI is InChI=1S/C16H16N2O/c1-19-13-7-5-12(6-8-13)11-18-10-9-14-15(17)3-2-4-16(14)18/h2-10H,11,17H2,1H3. The van der Waals surface area contributed by atoms with Gasteiger partial charge in [0.15, 0.2) is 0 Å². The summed E-state index contributed by atoms with van der Waals surface area (Å²) in [6, 6.07) is 16.2. The first-order valence-corrected chi connectivity index (χ1v) is 6.24. The predicted octanol–water partition coefficient (Wildman–Crippen LogP) is 3.28. The molecular formula is C16H16N2O. The summed E-state index contributed by atoms with van der Waals surface area (Å²) in [6.45, 7) is 0.830. The van der Waals surface area contributed by atoms with E-state index in [1.807, 2.05) is 24.3 Å². The Balaban J connectivity index is 1.94. The Labute approximate surface area is 112 Å². The summed E-state index contributed by atoms with van der Waals surface area (Å²) in [5.74, 6) is 0.880. The molecule has 0 aliphatic heterocycles. The van der Waals surface area contributed by atoms with Crippen molar-refractivity contribution in [1.82, 2.24) is 4.57 Å². The fourth-order valence-electron chi connectivity index (χ4n) is 2.31. The lowest BCUT2D eigenvalue weighted by atomic mass is 10.2. The number of hydrogen-bond donors (Lipinski definition) is 1. The Morgan fingerprint density at radius 2 is 1.84 bits per heavy atom. The van der Waals surface area contributed by atoms with E-state index in [0.717, 1.165) is 28.9 Å². The lowest BCUT2D eigenvalue weighted by molar-refractivity contribution is 0.414. The zero-order chi connectivity index (χ0) is 13.2. The van der Waals surface area contributed by atoms with Gasteiger partial charge in [-0.1, -0.05) is 18.2 Å². The highest BCUT2D eigenvalue weighted by Gasteiger charge is 2.04. The van der Waals surface area contributed by atoms with Crippen LogP contribution in [0.5, 0.6) is 5.75 Å². The fraction of sp³-hybridized carbons (Fsp3) is 0.125. The monoisotopic (exact) mass is 252 g/mol. The summed E-state index contributed by atoms with van der Waals surface area (Å²) >= 11 is 0. The van der Waals surface area contributed by atoms with Gasteiger partial charge in [-0.25, -0.2) is 0 Å². The van der Waals surface area contributed by atoms with E-state index in [-0.39, 0.29) is 0 Å². The van der Waals surface area contributed by atoms with E-state index >= 15 is 0 Å². The number of methoxy groups -OCH3 is 1. The van der Waals surface area contributed by atoms with Crippen LogP contribution in [0.15, 0.2) is 54.7 Å². The van der Waals surface area contributed by atoms with Crippen LogP contribution in [0.4, 0.5) is 5.69 Å². The van der Waals surface area contributed by atoms with E-state index in [2.05, 4.69) is 35.0 Å². The highest BCUT2D eigenvalue weighted by atomic mass is 16.5. The van der Waals surface area contributed by atoms with Gasteiger partial charge in [-0.2, -0.15) is 0 Å². The molecule has 0 fully saturated rings. The molecule has 3 aromatic rings. The second-order valence-corrected chi connectivity index (χ2v) is 4.57. The van der Waals surface area contributed by atoms with Crippen molar-refractivity contribution in [2.45, 2.75) is 6.54 Å². The molecule has 0 radical (unpaired) electrons. The van der Waals surface area contributed by atoms with Gasteiger partial charge < -0.3 is 15.0 Å². The molecule has 1 heterocycles. The zero-order valence-corrected chi connectivity index (χ0v) is 10.8. The molecule has 0 amide bonds. The van der Waals surface area contributed by atoms with E-state index in [1.54, 1.807) is 7.11 Å². The third-order valence-corrected chi connectivity index (χ3v) is 3.36. The maximum Gasteiger partial charge on any atom is 0.118 e. The zero-order valence-electron chi connectivity index (χ0n) is 10.8. The Hall–Kier alpha value is -2.42. The number of benzene rings is 2. The third-order valence-electron chi connectivity index (χ3n) is 3.36. The third kappa shape index (κ3) is 2.15. The first-order chi connectivity index (χ1) is 9.28. The average molecular weight is 252 g/mol. The van der Waals surface area contributed by atoms with Crippen LogP contribution in [0, 0.1) is 0 Å². The van der Waals surface area contributed by atoms with Gasteiger partial charge in [0.1, 0.15) is 5.75 Å². The van der Waals surface area contributed by atoms with E-state index in [9.17, 15) is 0 Å². The molecule has 0 saturated carbocycles. The van der Waals surface area contributed by atoms with Crippen molar-refractivity contribution in [3.63, 3.8) is 0 Å². The van der Waals surface area contributed by atoms with Gasteiger partial charge >= 0.3 is 0 Å². The maximum absolute atomic E-state index is 5.97. The molecule has 3 heteroatoms. The van der Waals surface area contributed by atoms with Crippen molar-refractivity contribution in [3.8, 4) is 5.75 Å². The predicted molar refractivity (Wildman–Crippen MR) is 78.4 cm³/mol. The molecule has 0 saturated heterocycles. The van der Waals surface area contributed by atoms with Crippen molar-refractivity contribution in [3.05, 3.63) is 60.3 Å². The summed E-state index contributed by atoms with van der Waals surface area (Å²) in [6.07, 6.45) is 2.07. The topological polar surface area (TPSA) is 40.2 Å². The normalized spacial score (nSPS) is 10.8. The van der Waals surface area contributed by atoms with Crippen LogP contribution in [0.2, 0.25) is 0 Å². The van der Waals surface area contributed by atoms with Gasteiger partial charge in [-0.15, -0.1) is 0 Å². The molecule has 0 unspecified atom stereocenters. The minimum atomic E-state index is 0.825. The highest BCUT2D eigenvalue weighted by Crippen LogP contribution is 2.23. The molecule has 96 valence electrons. The minimum absolute atomic E-state index is 0.825. The number of nitrogens with two attached hydrogens (primary N) is 1. The van der Waals surface area contributed by atoms with Crippen LogP contribution < -0.4 is 10.5 Å².